The molecule has 5 nitrogen and oxygen atoms in total. The Kier molecular flexibility index (Phi) is 10.9. The lowest BCUT2D eigenvalue weighted by atomic mass is 9.90. The van der Waals surface area contributed by atoms with E-state index >= 15 is 0 Å². The summed E-state index contributed by atoms with van der Waals surface area (Å²) in [7, 11) is 0. The van der Waals surface area contributed by atoms with E-state index in [9.17, 15) is 0 Å². The number of pyridine rings is 1. The van der Waals surface area contributed by atoms with Crippen LogP contribution in [0.2, 0.25) is 0 Å². The molecular formula is C21H30Cl3N5. The zero-order chi connectivity index (χ0) is 17.8. The standard InChI is InChI=1S/C21H27N5.3ClH/c22-12-3-4-14-26(15-20-24-17-9-1-2-10-18(17)25-20)19-11-5-7-16-8-6-13-23-21(16)19;;;/h1-2,6,8-10,13,19H,3-5,7,11-12,14-15,22H2,(H,24,25);3*1H. The Morgan fingerprint density at radius 1 is 1.07 bits per heavy atom. The summed E-state index contributed by atoms with van der Waals surface area (Å²) in [5.74, 6) is 1.03. The first-order valence-corrected chi connectivity index (χ1v) is 9.66. The topological polar surface area (TPSA) is 70.8 Å². The molecule has 0 saturated heterocycles. The number of nitrogens with zero attached hydrogens (tertiary/aromatic N) is 3. The Morgan fingerprint density at radius 3 is 2.69 bits per heavy atom. The average Bonchev–Trinajstić information content (AvgIpc) is 3.09. The molecule has 2 heterocycles. The minimum absolute atomic E-state index is 0. The molecule has 2 aromatic heterocycles. The predicted octanol–water partition coefficient (Wildman–Crippen LogP) is 4.84. The van der Waals surface area contributed by atoms with Gasteiger partial charge in [-0.3, -0.25) is 9.88 Å². The molecule has 1 unspecified atom stereocenters. The van der Waals surface area contributed by atoms with Crippen LogP contribution in [0.5, 0.6) is 0 Å². The number of aromatic amines is 1. The smallest absolute Gasteiger partial charge is 0.121 e. The van der Waals surface area contributed by atoms with Crippen molar-refractivity contribution in [2.75, 3.05) is 13.1 Å². The second kappa shape index (κ2) is 12.4. The van der Waals surface area contributed by atoms with E-state index in [1.807, 2.05) is 18.3 Å². The number of benzene rings is 1. The summed E-state index contributed by atoms with van der Waals surface area (Å²) in [5.41, 5.74) is 10.5. The van der Waals surface area contributed by atoms with Gasteiger partial charge in [0.15, 0.2) is 0 Å². The fourth-order valence-electron chi connectivity index (χ4n) is 4.02. The minimum atomic E-state index is 0. The van der Waals surface area contributed by atoms with Crippen molar-refractivity contribution in [1.82, 2.24) is 19.9 Å². The van der Waals surface area contributed by atoms with Crippen molar-refractivity contribution in [3.63, 3.8) is 0 Å². The Labute approximate surface area is 191 Å². The number of hydrogen-bond acceptors (Lipinski definition) is 4. The molecule has 1 aliphatic carbocycles. The first-order valence-electron chi connectivity index (χ1n) is 9.66. The minimum Gasteiger partial charge on any atom is -0.341 e. The highest BCUT2D eigenvalue weighted by Crippen LogP contribution is 2.33. The van der Waals surface area contributed by atoms with Crippen LogP contribution in [0.4, 0.5) is 0 Å². The summed E-state index contributed by atoms with van der Waals surface area (Å²) in [6, 6.07) is 12.9. The van der Waals surface area contributed by atoms with Gasteiger partial charge in [-0.2, -0.15) is 0 Å². The van der Waals surface area contributed by atoms with E-state index in [0.717, 1.165) is 62.2 Å². The van der Waals surface area contributed by atoms with Gasteiger partial charge < -0.3 is 10.7 Å². The molecule has 1 atom stereocenters. The van der Waals surface area contributed by atoms with Crippen molar-refractivity contribution in [3.8, 4) is 0 Å². The van der Waals surface area contributed by atoms with Gasteiger partial charge in [0.1, 0.15) is 5.82 Å². The summed E-state index contributed by atoms with van der Waals surface area (Å²) in [6.45, 7) is 2.59. The van der Waals surface area contributed by atoms with E-state index < -0.39 is 0 Å². The normalized spacial score (nSPS) is 15.2. The SMILES string of the molecule is Cl.Cl.Cl.NCCCCN(Cc1nc2ccccc2[nH]1)C1CCCc2cccnc21. The number of para-hydroxylation sites is 2. The van der Waals surface area contributed by atoms with Crippen LogP contribution in [-0.4, -0.2) is 32.9 Å². The largest absolute Gasteiger partial charge is 0.341 e. The number of H-pyrrole nitrogens is 1. The van der Waals surface area contributed by atoms with Gasteiger partial charge in [0, 0.05) is 6.20 Å². The van der Waals surface area contributed by atoms with Gasteiger partial charge in [-0.25, -0.2) is 4.98 Å². The van der Waals surface area contributed by atoms with Crippen molar-refractivity contribution in [1.29, 1.82) is 0 Å². The van der Waals surface area contributed by atoms with Crippen LogP contribution in [0.25, 0.3) is 11.0 Å². The van der Waals surface area contributed by atoms with Gasteiger partial charge in [-0.15, -0.1) is 37.2 Å². The van der Waals surface area contributed by atoms with E-state index in [1.54, 1.807) is 0 Å². The molecule has 1 aliphatic rings. The Morgan fingerprint density at radius 2 is 1.90 bits per heavy atom. The maximum Gasteiger partial charge on any atom is 0.121 e. The van der Waals surface area contributed by atoms with E-state index in [4.69, 9.17) is 15.7 Å². The lowest BCUT2D eigenvalue weighted by molar-refractivity contribution is 0.159. The maximum absolute atomic E-state index is 5.72. The molecule has 0 bridgehead atoms. The van der Waals surface area contributed by atoms with Crippen molar-refractivity contribution in [3.05, 3.63) is 59.7 Å². The molecule has 0 radical (unpaired) electrons. The molecular weight excluding hydrogens is 429 g/mol. The Hall–Kier alpha value is -1.37. The molecule has 4 rings (SSSR count). The summed E-state index contributed by atoms with van der Waals surface area (Å²) >= 11 is 0. The number of fused-ring (bicyclic) bond motifs is 2. The number of nitrogens with one attached hydrogen (secondary N) is 1. The van der Waals surface area contributed by atoms with Crippen LogP contribution in [0, 0.1) is 0 Å². The Bertz CT molecular complexity index is 837. The number of halogens is 3. The zero-order valence-corrected chi connectivity index (χ0v) is 18.9. The number of nitrogens with two attached hydrogens (primary N) is 1. The lowest BCUT2D eigenvalue weighted by Gasteiger charge is -2.34. The number of unbranched alkanes of at least 4 members (excludes halogenated alkanes) is 1. The highest BCUT2D eigenvalue weighted by molar-refractivity contribution is 5.86. The van der Waals surface area contributed by atoms with Crippen molar-refractivity contribution < 1.29 is 0 Å². The lowest BCUT2D eigenvalue weighted by Crippen LogP contribution is -2.33. The van der Waals surface area contributed by atoms with E-state index in [-0.39, 0.29) is 37.2 Å². The van der Waals surface area contributed by atoms with Gasteiger partial charge >= 0.3 is 0 Å². The molecule has 8 heteroatoms. The number of aryl methyl sites for hydroxylation is 1. The van der Waals surface area contributed by atoms with Crippen molar-refractivity contribution >= 4 is 48.3 Å². The van der Waals surface area contributed by atoms with E-state index in [1.165, 1.54) is 17.7 Å². The quantitative estimate of drug-likeness (QED) is 0.497. The fourth-order valence-corrected chi connectivity index (χ4v) is 4.02. The van der Waals surface area contributed by atoms with Crippen LogP contribution < -0.4 is 5.73 Å². The van der Waals surface area contributed by atoms with Gasteiger partial charge in [0.2, 0.25) is 0 Å². The van der Waals surface area contributed by atoms with Crippen LogP contribution in [0.3, 0.4) is 0 Å². The van der Waals surface area contributed by atoms with Crippen molar-refractivity contribution in [2.24, 2.45) is 5.73 Å². The summed E-state index contributed by atoms with van der Waals surface area (Å²) in [5, 5.41) is 0. The number of aromatic nitrogens is 3. The molecule has 3 aromatic rings. The van der Waals surface area contributed by atoms with Crippen molar-refractivity contribution in [2.45, 2.75) is 44.7 Å². The maximum atomic E-state index is 5.72. The highest BCUT2D eigenvalue weighted by Gasteiger charge is 2.27. The third kappa shape index (κ3) is 6.06. The first kappa shape index (κ1) is 25.7. The molecule has 0 amide bonds. The van der Waals surface area contributed by atoms with Gasteiger partial charge in [0.05, 0.1) is 29.3 Å². The zero-order valence-electron chi connectivity index (χ0n) is 16.4. The number of rotatable bonds is 7. The molecule has 29 heavy (non-hydrogen) atoms. The molecule has 0 aliphatic heterocycles. The number of imidazole rings is 1. The second-order valence-electron chi connectivity index (χ2n) is 7.12. The number of hydrogen-bond donors (Lipinski definition) is 2. The molecule has 160 valence electrons. The van der Waals surface area contributed by atoms with Gasteiger partial charge in [-0.1, -0.05) is 18.2 Å². The summed E-state index contributed by atoms with van der Waals surface area (Å²) in [6.07, 6.45) is 7.61. The average molecular weight is 459 g/mol. The molecule has 0 saturated carbocycles. The molecule has 1 aromatic carbocycles. The fraction of sp³-hybridized carbons (Fsp3) is 0.429. The van der Waals surface area contributed by atoms with Crippen LogP contribution in [-0.2, 0) is 13.0 Å². The highest BCUT2D eigenvalue weighted by atomic mass is 35.5. The second-order valence-corrected chi connectivity index (χ2v) is 7.12. The van der Waals surface area contributed by atoms with Gasteiger partial charge in [-0.05, 0) is 69.0 Å². The van der Waals surface area contributed by atoms with Crippen LogP contribution >= 0.6 is 37.2 Å². The third-order valence-electron chi connectivity index (χ3n) is 5.30. The summed E-state index contributed by atoms with van der Waals surface area (Å²) < 4.78 is 0. The monoisotopic (exact) mass is 457 g/mol. The van der Waals surface area contributed by atoms with E-state index in [0.29, 0.717) is 6.04 Å². The van der Waals surface area contributed by atoms with Crippen LogP contribution in [0.15, 0.2) is 42.6 Å². The first-order chi connectivity index (χ1) is 12.8. The molecule has 0 spiro atoms. The van der Waals surface area contributed by atoms with Crippen LogP contribution in [0.1, 0.15) is 48.8 Å². The van der Waals surface area contributed by atoms with Gasteiger partial charge in [0.25, 0.3) is 0 Å². The molecule has 0 fully saturated rings. The molecule has 3 N–H and O–H groups in total. The third-order valence-corrected chi connectivity index (χ3v) is 5.30. The Balaban J connectivity index is 0.00000140. The predicted molar refractivity (Wildman–Crippen MR) is 126 cm³/mol. The summed E-state index contributed by atoms with van der Waals surface area (Å²) in [4.78, 5) is 15.5. The van der Waals surface area contributed by atoms with E-state index in [2.05, 4.69) is 34.1 Å².